The second kappa shape index (κ2) is 10.4. The number of Topliss-reactive ketones (excluding diaryl/α,β-unsaturated/α-hetero) is 1. The van der Waals surface area contributed by atoms with Crippen LogP contribution in [0.4, 0.5) is 10.5 Å². The van der Waals surface area contributed by atoms with Crippen LogP contribution >= 0.6 is 0 Å². The maximum atomic E-state index is 11.7. The van der Waals surface area contributed by atoms with Crippen molar-refractivity contribution in [1.29, 1.82) is 0 Å². The topological polar surface area (TPSA) is 87.3 Å². The second-order valence-electron chi connectivity index (χ2n) is 5.41. The number of nitrogens with one attached hydrogen (secondary N) is 3. The van der Waals surface area contributed by atoms with Gasteiger partial charge in [0.2, 0.25) is 5.78 Å². The number of amides is 3. The smallest absolute Gasteiger partial charge is 0.319 e. The van der Waals surface area contributed by atoms with Crippen LogP contribution in [-0.2, 0) is 9.59 Å². The molecule has 0 saturated heterocycles. The summed E-state index contributed by atoms with van der Waals surface area (Å²) in [6.07, 6.45) is 3.59. The molecule has 0 atom stereocenters. The van der Waals surface area contributed by atoms with E-state index in [0.29, 0.717) is 13.0 Å². The molecule has 3 amide bonds. The van der Waals surface area contributed by atoms with Crippen LogP contribution in [0.25, 0.3) is 0 Å². The molecule has 0 aromatic heterocycles. The van der Waals surface area contributed by atoms with Gasteiger partial charge in [-0.15, -0.1) is 0 Å². The van der Waals surface area contributed by atoms with E-state index >= 15 is 0 Å². The SMILES string of the molecule is CNC(=O)C(=O)CCCCCCNC(=O)Nc1ccc(C)cc1. The van der Waals surface area contributed by atoms with Gasteiger partial charge in [-0.1, -0.05) is 30.5 Å². The summed E-state index contributed by atoms with van der Waals surface area (Å²) in [6.45, 7) is 2.58. The summed E-state index contributed by atoms with van der Waals surface area (Å²) < 4.78 is 0. The lowest BCUT2D eigenvalue weighted by Gasteiger charge is -2.07. The van der Waals surface area contributed by atoms with E-state index in [9.17, 15) is 14.4 Å². The first-order chi connectivity index (χ1) is 11.0. The number of carbonyl (C=O) groups excluding carboxylic acids is 3. The van der Waals surface area contributed by atoms with Gasteiger partial charge in [-0.25, -0.2) is 4.79 Å². The first-order valence-electron chi connectivity index (χ1n) is 7.89. The minimum atomic E-state index is -0.528. The predicted octanol–water partition coefficient (Wildman–Crippen LogP) is 2.38. The summed E-state index contributed by atoms with van der Waals surface area (Å²) >= 11 is 0. The molecular weight excluding hydrogens is 294 g/mol. The zero-order chi connectivity index (χ0) is 17.1. The molecule has 0 fully saturated rings. The molecule has 0 saturated carbocycles. The van der Waals surface area contributed by atoms with Gasteiger partial charge in [0.05, 0.1) is 0 Å². The van der Waals surface area contributed by atoms with E-state index in [2.05, 4.69) is 16.0 Å². The zero-order valence-electron chi connectivity index (χ0n) is 13.8. The Hall–Kier alpha value is -2.37. The Morgan fingerprint density at radius 2 is 1.61 bits per heavy atom. The standard InChI is InChI=1S/C17H25N3O3/c1-13-8-10-14(11-9-13)20-17(23)19-12-6-4-3-5-7-15(21)16(22)18-2/h8-11H,3-7,12H2,1-2H3,(H,18,22)(H2,19,20,23). The number of hydrogen-bond donors (Lipinski definition) is 3. The number of unbranched alkanes of at least 4 members (excludes halogenated alkanes) is 3. The monoisotopic (exact) mass is 319 g/mol. The van der Waals surface area contributed by atoms with Gasteiger partial charge in [0, 0.05) is 25.7 Å². The van der Waals surface area contributed by atoms with E-state index in [4.69, 9.17) is 0 Å². The van der Waals surface area contributed by atoms with E-state index in [1.54, 1.807) is 0 Å². The van der Waals surface area contributed by atoms with Gasteiger partial charge in [-0.05, 0) is 31.9 Å². The third-order valence-corrected chi connectivity index (χ3v) is 3.41. The van der Waals surface area contributed by atoms with Crippen LogP contribution in [0.2, 0.25) is 0 Å². The number of hydrogen-bond acceptors (Lipinski definition) is 3. The van der Waals surface area contributed by atoms with Crippen molar-refractivity contribution < 1.29 is 14.4 Å². The lowest BCUT2D eigenvalue weighted by molar-refractivity contribution is -0.137. The van der Waals surface area contributed by atoms with Crippen molar-refractivity contribution in [3.63, 3.8) is 0 Å². The van der Waals surface area contributed by atoms with Crippen LogP contribution in [-0.4, -0.2) is 31.3 Å². The van der Waals surface area contributed by atoms with Gasteiger partial charge in [-0.3, -0.25) is 9.59 Å². The Morgan fingerprint density at radius 3 is 2.26 bits per heavy atom. The number of urea groups is 1. The molecule has 0 unspecified atom stereocenters. The van der Waals surface area contributed by atoms with E-state index in [0.717, 1.165) is 30.5 Å². The van der Waals surface area contributed by atoms with Gasteiger partial charge >= 0.3 is 6.03 Å². The maximum absolute atomic E-state index is 11.7. The molecule has 3 N–H and O–H groups in total. The summed E-state index contributed by atoms with van der Waals surface area (Å²) in [5, 5.41) is 7.88. The Balaban J connectivity index is 2.04. The van der Waals surface area contributed by atoms with Gasteiger partial charge in [0.1, 0.15) is 0 Å². The molecule has 126 valence electrons. The fourth-order valence-electron chi connectivity index (χ4n) is 2.03. The second-order valence-corrected chi connectivity index (χ2v) is 5.41. The normalized spacial score (nSPS) is 10.0. The summed E-state index contributed by atoms with van der Waals surface area (Å²) in [7, 11) is 1.45. The highest BCUT2D eigenvalue weighted by Gasteiger charge is 2.09. The predicted molar refractivity (Wildman–Crippen MR) is 90.4 cm³/mol. The molecule has 0 heterocycles. The molecule has 1 rings (SSSR count). The van der Waals surface area contributed by atoms with Gasteiger partial charge in [0.15, 0.2) is 0 Å². The highest BCUT2D eigenvalue weighted by atomic mass is 16.2. The Bertz CT molecular complexity index is 526. The van der Waals surface area contributed by atoms with Crippen LogP contribution in [0, 0.1) is 6.92 Å². The largest absolute Gasteiger partial charge is 0.353 e. The van der Waals surface area contributed by atoms with Crippen molar-refractivity contribution in [3.05, 3.63) is 29.8 Å². The molecule has 1 aromatic rings. The van der Waals surface area contributed by atoms with E-state index in [1.807, 2.05) is 31.2 Å². The number of likely N-dealkylation sites (N-methyl/N-ethyl adjacent to an activating group) is 1. The molecule has 0 radical (unpaired) electrons. The molecule has 0 spiro atoms. The Kier molecular flexibility index (Phi) is 8.42. The number of benzene rings is 1. The molecule has 0 bridgehead atoms. The Morgan fingerprint density at radius 1 is 0.957 bits per heavy atom. The molecule has 23 heavy (non-hydrogen) atoms. The fraction of sp³-hybridized carbons (Fsp3) is 0.471. The third kappa shape index (κ3) is 7.99. The van der Waals surface area contributed by atoms with Crippen molar-refractivity contribution in [2.75, 3.05) is 18.9 Å². The summed E-state index contributed by atoms with van der Waals surface area (Å²) in [5.74, 6) is -0.900. The molecule has 0 aliphatic rings. The first-order valence-corrected chi connectivity index (χ1v) is 7.89. The van der Waals surface area contributed by atoms with Crippen LogP contribution < -0.4 is 16.0 Å². The average molecular weight is 319 g/mol. The van der Waals surface area contributed by atoms with Crippen LogP contribution in [0.1, 0.15) is 37.7 Å². The number of anilines is 1. The van der Waals surface area contributed by atoms with E-state index < -0.39 is 5.91 Å². The lowest BCUT2D eigenvalue weighted by Crippen LogP contribution is -2.29. The summed E-state index contributed by atoms with van der Waals surface area (Å²) in [4.78, 5) is 33.9. The summed E-state index contributed by atoms with van der Waals surface area (Å²) in [5.41, 5.74) is 1.91. The van der Waals surface area contributed by atoms with E-state index in [1.165, 1.54) is 7.05 Å². The molecular formula is C17H25N3O3. The van der Waals surface area contributed by atoms with E-state index in [-0.39, 0.29) is 18.2 Å². The van der Waals surface area contributed by atoms with Gasteiger partial charge < -0.3 is 16.0 Å². The zero-order valence-corrected chi connectivity index (χ0v) is 13.8. The molecule has 0 aliphatic carbocycles. The van der Waals surface area contributed by atoms with Gasteiger partial charge in [-0.2, -0.15) is 0 Å². The first kappa shape index (κ1) is 18.7. The van der Waals surface area contributed by atoms with Crippen molar-refractivity contribution in [2.24, 2.45) is 0 Å². The number of carbonyl (C=O) groups is 3. The highest BCUT2D eigenvalue weighted by Crippen LogP contribution is 2.08. The number of rotatable bonds is 9. The van der Waals surface area contributed by atoms with Crippen molar-refractivity contribution in [1.82, 2.24) is 10.6 Å². The Labute approximate surface area is 137 Å². The lowest BCUT2D eigenvalue weighted by atomic mass is 10.1. The molecule has 1 aromatic carbocycles. The number of ketones is 1. The van der Waals surface area contributed by atoms with Crippen LogP contribution in [0.5, 0.6) is 0 Å². The van der Waals surface area contributed by atoms with Gasteiger partial charge in [0.25, 0.3) is 5.91 Å². The van der Waals surface area contributed by atoms with Crippen molar-refractivity contribution in [2.45, 2.75) is 39.0 Å². The average Bonchev–Trinajstić information content (AvgIpc) is 2.55. The molecule has 0 aliphatic heterocycles. The van der Waals surface area contributed by atoms with Crippen LogP contribution in [0.15, 0.2) is 24.3 Å². The highest BCUT2D eigenvalue weighted by molar-refractivity contribution is 6.36. The molecule has 6 nitrogen and oxygen atoms in total. The minimum absolute atomic E-state index is 0.219. The molecule has 6 heteroatoms. The summed E-state index contributed by atoms with van der Waals surface area (Å²) in [6, 6.07) is 7.38. The third-order valence-electron chi connectivity index (χ3n) is 3.41. The minimum Gasteiger partial charge on any atom is -0.353 e. The van der Waals surface area contributed by atoms with Crippen LogP contribution in [0.3, 0.4) is 0 Å². The van der Waals surface area contributed by atoms with Crippen molar-refractivity contribution >= 4 is 23.4 Å². The van der Waals surface area contributed by atoms with Crippen molar-refractivity contribution in [3.8, 4) is 0 Å². The maximum Gasteiger partial charge on any atom is 0.319 e. The fourth-order valence-corrected chi connectivity index (χ4v) is 2.03. The quantitative estimate of drug-likeness (QED) is 0.482. The number of aryl methyl sites for hydroxylation is 1.